The van der Waals surface area contributed by atoms with Crippen molar-refractivity contribution >= 4 is 0 Å². The van der Waals surface area contributed by atoms with Crippen molar-refractivity contribution in [2.75, 3.05) is 33.7 Å². The SMILES string of the molecule is CN(C)C1CCN(C2(CN)CCC2)CC1. The molecular formula is C12H25N3. The number of hydrogen-bond acceptors (Lipinski definition) is 3. The Balaban J connectivity index is 1.87. The van der Waals surface area contributed by atoms with Crippen LogP contribution in [0.25, 0.3) is 0 Å². The second-order valence-electron chi connectivity index (χ2n) is 5.46. The molecule has 0 atom stereocenters. The van der Waals surface area contributed by atoms with Gasteiger partial charge in [0.2, 0.25) is 0 Å². The minimum absolute atomic E-state index is 0.400. The average molecular weight is 211 g/mol. The minimum atomic E-state index is 0.400. The zero-order valence-corrected chi connectivity index (χ0v) is 10.2. The van der Waals surface area contributed by atoms with E-state index < -0.39 is 0 Å². The monoisotopic (exact) mass is 211 g/mol. The van der Waals surface area contributed by atoms with Crippen LogP contribution in [0.15, 0.2) is 0 Å². The molecule has 0 bridgehead atoms. The molecule has 1 heterocycles. The summed E-state index contributed by atoms with van der Waals surface area (Å²) in [6, 6.07) is 0.788. The smallest absolute Gasteiger partial charge is 0.0331 e. The summed E-state index contributed by atoms with van der Waals surface area (Å²) in [4.78, 5) is 5.03. The molecule has 0 aromatic carbocycles. The average Bonchev–Trinajstić information content (AvgIpc) is 2.18. The number of rotatable bonds is 3. The maximum atomic E-state index is 5.94. The van der Waals surface area contributed by atoms with Crippen LogP contribution in [0.2, 0.25) is 0 Å². The molecule has 3 heteroatoms. The standard InChI is InChI=1S/C12H25N3/c1-14(2)11-4-8-15(9-5-11)12(10-13)6-3-7-12/h11H,3-10,13H2,1-2H3. The Hall–Kier alpha value is -0.120. The third kappa shape index (κ3) is 2.05. The van der Waals surface area contributed by atoms with Crippen molar-refractivity contribution in [3.63, 3.8) is 0 Å². The van der Waals surface area contributed by atoms with E-state index in [0.29, 0.717) is 5.54 Å². The third-order valence-corrected chi connectivity index (χ3v) is 4.53. The first kappa shape index (κ1) is 11.4. The summed E-state index contributed by atoms with van der Waals surface area (Å²) < 4.78 is 0. The number of nitrogens with zero attached hydrogens (tertiary/aromatic N) is 2. The molecule has 0 spiro atoms. The van der Waals surface area contributed by atoms with Crippen molar-refractivity contribution in [1.82, 2.24) is 9.80 Å². The molecule has 15 heavy (non-hydrogen) atoms. The number of nitrogens with two attached hydrogens (primary N) is 1. The molecule has 0 aromatic heterocycles. The molecule has 0 radical (unpaired) electrons. The van der Waals surface area contributed by atoms with Gasteiger partial charge in [-0.15, -0.1) is 0 Å². The van der Waals surface area contributed by atoms with Crippen molar-refractivity contribution < 1.29 is 0 Å². The summed E-state index contributed by atoms with van der Waals surface area (Å²) in [6.45, 7) is 3.36. The molecule has 1 aliphatic heterocycles. The number of likely N-dealkylation sites (tertiary alicyclic amines) is 1. The van der Waals surface area contributed by atoms with Gasteiger partial charge in [0.25, 0.3) is 0 Å². The molecule has 0 amide bonds. The lowest BCUT2D eigenvalue weighted by atomic mass is 9.74. The van der Waals surface area contributed by atoms with Crippen LogP contribution >= 0.6 is 0 Å². The van der Waals surface area contributed by atoms with Gasteiger partial charge in [-0.1, -0.05) is 0 Å². The van der Waals surface area contributed by atoms with Crippen LogP contribution in [0.4, 0.5) is 0 Å². The van der Waals surface area contributed by atoms with E-state index in [0.717, 1.165) is 12.6 Å². The number of piperidine rings is 1. The van der Waals surface area contributed by atoms with E-state index >= 15 is 0 Å². The van der Waals surface area contributed by atoms with Crippen molar-refractivity contribution in [3.8, 4) is 0 Å². The molecule has 1 saturated carbocycles. The Bertz CT molecular complexity index is 197. The van der Waals surface area contributed by atoms with Gasteiger partial charge in [-0.25, -0.2) is 0 Å². The van der Waals surface area contributed by atoms with Gasteiger partial charge < -0.3 is 10.6 Å². The lowest BCUT2D eigenvalue weighted by Gasteiger charge is -2.52. The lowest BCUT2D eigenvalue weighted by molar-refractivity contribution is -0.00637. The van der Waals surface area contributed by atoms with Crippen LogP contribution < -0.4 is 5.73 Å². The van der Waals surface area contributed by atoms with E-state index in [9.17, 15) is 0 Å². The predicted molar refractivity (Wildman–Crippen MR) is 63.9 cm³/mol. The molecule has 1 saturated heterocycles. The van der Waals surface area contributed by atoms with Gasteiger partial charge in [0.05, 0.1) is 0 Å². The van der Waals surface area contributed by atoms with Gasteiger partial charge in [0.15, 0.2) is 0 Å². The van der Waals surface area contributed by atoms with Crippen molar-refractivity contribution in [2.24, 2.45) is 5.73 Å². The van der Waals surface area contributed by atoms with Crippen LogP contribution in [-0.2, 0) is 0 Å². The summed E-state index contributed by atoms with van der Waals surface area (Å²) >= 11 is 0. The molecule has 3 nitrogen and oxygen atoms in total. The molecule has 88 valence electrons. The second-order valence-corrected chi connectivity index (χ2v) is 5.46. The maximum absolute atomic E-state index is 5.94. The number of hydrogen-bond donors (Lipinski definition) is 1. The van der Waals surface area contributed by atoms with E-state index in [-0.39, 0.29) is 0 Å². The molecule has 2 rings (SSSR count). The van der Waals surface area contributed by atoms with E-state index in [1.807, 2.05) is 0 Å². The largest absolute Gasteiger partial charge is 0.329 e. The van der Waals surface area contributed by atoms with E-state index in [1.165, 1.54) is 45.2 Å². The van der Waals surface area contributed by atoms with Crippen molar-refractivity contribution in [3.05, 3.63) is 0 Å². The fourth-order valence-electron chi connectivity index (χ4n) is 3.09. The summed E-state index contributed by atoms with van der Waals surface area (Å²) in [5, 5.41) is 0. The molecule has 1 aliphatic carbocycles. The summed E-state index contributed by atoms with van der Waals surface area (Å²) in [7, 11) is 4.39. The first-order valence-electron chi connectivity index (χ1n) is 6.29. The van der Waals surface area contributed by atoms with Gasteiger partial charge in [0.1, 0.15) is 0 Å². The quantitative estimate of drug-likeness (QED) is 0.752. The highest BCUT2D eigenvalue weighted by Crippen LogP contribution is 2.38. The highest BCUT2D eigenvalue weighted by atomic mass is 15.2. The van der Waals surface area contributed by atoms with E-state index in [4.69, 9.17) is 5.73 Å². The van der Waals surface area contributed by atoms with Crippen molar-refractivity contribution in [1.29, 1.82) is 0 Å². The molecular weight excluding hydrogens is 186 g/mol. The fourth-order valence-corrected chi connectivity index (χ4v) is 3.09. The second kappa shape index (κ2) is 4.40. The maximum Gasteiger partial charge on any atom is 0.0331 e. The van der Waals surface area contributed by atoms with Crippen LogP contribution in [0.1, 0.15) is 32.1 Å². The lowest BCUT2D eigenvalue weighted by Crippen LogP contribution is -2.61. The van der Waals surface area contributed by atoms with Crippen molar-refractivity contribution in [2.45, 2.75) is 43.7 Å². The Labute approximate surface area is 93.6 Å². The van der Waals surface area contributed by atoms with Gasteiger partial charge in [-0.2, -0.15) is 0 Å². The summed E-state index contributed by atoms with van der Waals surface area (Å²) in [5.74, 6) is 0. The first-order chi connectivity index (χ1) is 7.18. The molecule has 2 aliphatic rings. The van der Waals surface area contributed by atoms with Gasteiger partial charge >= 0.3 is 0 Å². The molecule has 2 fully saturated rings. The van der Waals surface area contributed by atoms with Crippen LogP contribution in [-0.4, -0.2) is 55.1 Å². The summed E-state index contributed by atoms with van der Waals surface area (Å²) in [6.07, 6.45) is 6.67. The van der Waals surface area contributed by atoms with Crippen LogP contribution in [0, 0.1) is 0 Å². The third-order valence-electron chi connectivity index (χ3n) is 4.53. The van der Waals surface area contributed by atoms with E-state index in [2.05, 4.69) is 23.9 Å². The normalized spacial score (nSPS) is 28.0. The Morgan fingerprint density at radius 2 is 1.87 bits per heavy atom. The van der Waals surface area contributed by atoms with Crippen LogP contribution in [0.3, 0.4) is 0 Å². The van der Waals surface area contributed by atoms with Gasteiger partial charge in [-0.05, 0) is 46.2 Å². The Morgan fingerprint density at radius 3 is 2.20 bits per heavy atom. The molecule has 2 N–H and O–H groups in total. The minimum Gasteiger partial charge on any atom is -0.329 e. The van der Waals surface area contributed by atoms with E-state index in [1.54, 1.807) is 0 Å². The zero-order chi connectivity index (χ0) is 10.9. The van der Waals surface area contributed by atoms with Crippen LogP contribution in [0.5, 0.6) is 0 Å². The van der Waals surface area contributed by atoms with Gasteiger partial charge in [-0.3, -0.25) is 4.90 Å². The highest BCUT2D eigenvalue weighted by Gasteiger charge is 2.42. The van der Waals surface area contributed by atoms with Gasteiger partial charge in [0, 0.05) is 31.2 Å². The Kier molecular flexibility index (Phi) is 3.33. The highest BCUT2D eigenvalue weighted by molar-refractivity contribution is 5.00. The summed E-state index contributed by atoms with van der Waals surface area (Å²) in [5.41, 5.74) is 6.34. The Morgan fingerprint density at radius 1 is 1.27 bits per heavy atom. The zero-order valence-electron chi connectivity index (χ0n) is 10.2. The fraction of sp³-hybridized carbons (Fsp3) is 1.00. The first-order valence-corrected chi connectivity index (χ1v) is 6.29. The molecule has 0 aromatic rings. The molecule has 0 unspecified atom stereocenters. The predicted octanol–water partition coefficient (Wildman–Crippen LogP) is 0.894. The topological polar surface area (TPSA) is 32.5 Å².